The third kappa shape index (κ3) is 4.58. The van der Waals surface area contributed by atoms with E-state index >= 15 is 0 Å². The van der Waals surface area contributed by atoms with Crippen LogP contribution < -0.4 is 10.1 Å². The summed E-state index contributed by atoms with van der Waals surface area (Å²) in [7, 11) is 1.58. The van der Waals surface area contributed by atoms with Gasteiger partial charge in [0.2, 0.25) is 5.91 Å². The van der Waals surface area contributed by atoms with Gasteiger partial charge in [-0.05, 0) is 49.8 Å². The van der Waals surface area contributed by atoms with Gasteiger partial charge in [-0.25, -0.2) is 0 Å². The Morgan fingerprint density at radius 3 is 2.88 bits per heavy atom. The Morgan fingerprint density at radius 1 is 1.39 bits per heavy atom. The van der Waals surface area contributed by atoms with Crippen molar-refractivity contribution in [3.8, 4) is 11.8 Å². The number of hydrogen-bond donors (Lipinski definition) is 2. The molecule has 174 valence electrons. The van der Waals surface area contributed by atoms with Crippen LogP contribution in [0.15, 0.2) is 24.3 Å². The number of hydrogen-bond acceptors (Lipinski definition) is 5. The number of nitrogens with one attached hydrogen (secondary N) is 2. The number of carbonyl (C=O) groups is 3. The number of fused-ring (bicyclic) bond motifs is 1. The number of amides is 2. The number of Topliss-reactive ketones (excluding diaryl/α,β-unsaturated/α-hetero) is 1. The molecule has 1 aromatic heterocycles. The number of rotatable bonds is 7. The number of methoxy groups -OCH3 is 1. The first kappa shape index (κ1) is 22.8. The molecule has 1 saturated heterocycles. The normalized spacial score (nSPS) is 23.5. The SMILES string of the molecule is CC[C@@H]1C[C@@H](C(=O)N[C@H](C#N)C[C@@H]2CCCC2=O)N(C(=O)c2cc3c(OC)cccc3[nH]2)C1. The highest BCUT2D eigenvalue weighted by atomic mass is 16.5. The van der Waals surface area contributed by atoms with Gasteiger partial charge >= 0.3 is 0 Å². The van der Waals surface area contributed by atoms with Crippen molar-refractivity contribution in [2.75, 3.05) is 13.7 Å². The first-order valence-electron chi connectivity index (χ1n) is 11.6. The topological polar surface area (TPSA) is 115 Å². The third-order valence-corrected chi connectivity index (χ3v) is 7.03. The van der Waals surface area contributed by atoms with Crippen LogP contribution in [0.2, 0.25) is 0 Å². The summed E-state index contributed by atoms with van der Waals surface area (Å²) >= 11 is 0. The summed E-state index contributed by atoms with van der Waals surface area (Å²) in [6.45, 7) is 2.53. The Balaban J connectivity index is 1.52. The van der Waals surface area contributed by atoms with Crippen LogP contribution in [0.1, 0.15) is 55.9 Å². The molecular weight excluding hydrogens is 420 g/mol. The van der Waals surface area contributed by atoms with E-state index < -0.39 is 12.1 Å². The fourth-order valence-electron chi connectivity index (χ4n) is 5.10. The highest BCUT2D eigenvalue weighted by Crippen LogP contribution is 2.31. The molecule has 0 unspecified atom stereocenters. The average molecular weight is 451 g/mol. The lowest BCUT2D eigenvalue weighted by Crippen LogP contribution is -2.49. The Bertz CT molecular complexity index is 1100. The largest absolute Gasteiger partial charge is 0.496 e. The Morgan fingerprint density at radius 2 is 2.21 bits per heavy atom. The van der Waals surface area contributed by atoms with Crippen molar-refractivity contribution in [1.82, 2.24) is 15.2 Å². The zero-order valence-corrected chi connectivity index (χ0v) is 19.1. The van der Waals surface area contributed by atoms with Crippen LogP contribution >= 0.6 is 0 Å². The van der Waals surface area contributed by atoms with E-state index in [0.717, 1.165) is 30.2 Å². The van der Waals surface area contributed by atoms with Crippen molar-refractivity contribution in [1.29, 1.82) is 5.26 Å². The highest BCUT2D eigenvalue weighted by molar-refractivity contribution is 6.01. The van der Waals surface area contributed by atoms with Gasteiger partial charge in [-0.15, -0.1) is 0 Å². The summed E-state index contributed by atoms with van der Waals surface area (Å²) in [6, 6.07) is 8.06. The average Bonchev–Trinajstić information content (AvgIpc) is 3.55. The van der Waals surface area contributed by atoms with Crippen molar-refractivity contribution in [2.45, 2.75) is 57.5 Å². The Hall–Kier alpha value is -3.34. The van der Waals surface area contributed by atoms with Gasteiger partial charge in [0.1, 0.15) is 29.3 Å². The predicted molar refractivity (Wildman–Crippen MR) is 123 cm³/mol. The molecule has 4 atom stereocenters. The number of ether oxygens (including phenoxy) is 1. The van der Waals surface area contributed by atoms with E-state index in [4.69, 9.17) is 4.74 Å². The molecule has 1 aliphatic heterocycles. The number of benzene rings is 1. The molecule has 2 aromatic rings. The van der Waals surface area contributed by atoms with Gasteiger partial charge in [-0.1, -0.05) is 19.4 Å². The molecule has 2 aliphatic rings. The molecule has 2 heterocycles. The van der Waals surface area contributed by atoms with E-state index in [1.807, 2.05) is 25.1 Å². The fraction of sp³-hybridized carbons (Fsp3) is 0.520. The van der Waals surface area contributed by atoms with Crippen molar-refractivity contribution in [2.24, 2.45) is 11.8 Å². The number of aromatic nitrogens is 1. The standard InChI is InChI=1S/C25H30N4O4/c1-3-15-10-21(24(31)27-17(13-26)11-16-6-4-8-22(16)30)29(14-15)25(32)20-12-18-19(28-20)7-5-9-23(18)33-2/h5,7,9,12,15-17,21,28H,3-4,6,8,10-11,14H2,1-2H3,(H,27,31)/t15-,16+,17+,21+/m1/s1. The number of likely N-dealkylation sites (tertiary alicyclic amines) is 1. The number of H-pyrrole nitrogens is 1. The first-order valence-corrected chi connectivity index (χ1v) is 11.6. The van der Waals surface area contributed by atoms with Crippen LogP contribution in [0.3, 0.4) is 0 Å². The number of aromatic amines is 1. The van der Waals surface area contributed by atoms with E-state index in [1.165, 1.54) is 0 Å². The van der Waals surface area contributed by atoms with E-state index in [1.54, 1.807) is 18.1 Å². The summed E-state index contributed by atoms with van der Waals surface area (Å²) in [5, 5.41) is 13.2. The van der Waals surface area contributed by atoms with Crippen LogP contribution in [0.25, 0.3) is 10.9 Å². The lowest BCUT2D eigenvalue weighted by molar-refractivity contribution is -0.126. The first-order chi connectivity index (χ1) is 15.9. The van der Waals surface area contributed by atoms with E-state index in [2.05, 4.69) is 16.4 Å². The van der Waals surface area contributed by atoms with Crippen LogP contribution in [-0.2, 0) is 9.59 Å². The van der Waals surface area contributed by atoms with Gasteiger partial charge in [0, 0.05) is 29.8 Å². The fourth-order valence-corrected chi connectivity index (χ4v) is 5.10. The van der Waals surface area contributed by atoms with Gasteiger partial charge in [-0.2, -0.15) is 5.26 Å². The molecule has 1 aromatic carbocycles. The lowest BCUT2D eigenvalue weighted by atomic mass is 9.97. The number of nitriles is 1. The minimum absolute atomic E-state index is 0.166. The van der Waals surface area contributed by atoms with Crippen molar-refractivity contribution < 1.29 is 19.1 Å². The molecule has 2 fully saturated rings. The number of nitrogens with zero attached hydrogens (tertiary/aromatic N) is 2. The summed E-state index contributed by atoms with van der Waals surface area (Å²) in [5.41, 5.74) is 1.19. The quantitative estimate of drug-likeness (QED) is 0.672. The third-order valence-electron chi connectivity index (χ3n) is 7.03. The second-order valence-electron chi connectivity index (χ2n) is 9.07. The molecule has 0 bridgehead atoms. The highest BCUT2D eigenvalue weighted by Gasteiger charge is 2.40. The van der Waals surface area contributed by atoms with Gasteiger partial charge < -0.3 is 19.9 Å². The molecule has 33 heavy (non-hydrogen) atoms. The second kappa shape index (κ2) is 9.65. The molecule has 1 saturated carbocycles. The zero-order chi connectivity index (χ0) is 23.5. The lowest BCUT2D eigenvalue weighted by Gasteiger charge is -2.25. The van der Waals surface area contributed by atoms with Crippen molar-refractivity contribution in [3.05, 3.63) is 30.0 Å². The predicted octanol–water partition coefficient (Wildman–Crippen LogP) is 3.18. The maximum atomic E-state index is 13.4. The maximum Gasteiger partial charge on any atom is 0.270 e. The second-order valence-corrected chi connectivity index (χ2v) is 9.07. The molecule has 2 amide bonds. The molecule has 4 rings (SSSR count). The van der Waals surface area contributed by atoms with Gasteiger partial charge in [0.05, 0.1) is 13.2 Å². The van der Waals surface area contributed by atoms with Crippen LogP contribution in [0.5, 0.6) is 5.75 Å². The van der Waals surface area contributed by atoms with Gasteiger partial charge in [-0.3, -0.25) is 14.4 Å². The maximum absolute atomic E-state index is 13.4. The van der Waals surface area contributed by atoms with Crippen molar-refractivity contribution in [3.63, 3.8) is 0 Å². The van der Waals surface area contributed by atoms with Gasteiger partial charge in [0.15, 0.2) is 0 Å². The van der Waals surface area contributed by atoms with E-state index in [0.29, 0.717) is 37.3 Å². The van der Waals surface area contributed by atoms with Gasteiger partial charge in [0.25, 0.3) is 5.91 Å². The van der Waals surface area contributed by atoms with Crippen LogP contribution in [-0.4, -0.2) is 53.2 Å². The zero-order valence-electron chi connectivity index (χ0n) is 19.1. The number of carbonyl (C=O) groups excluding carboxylic acids is 3. The Labute approximate surface area is 193 Å². The smallest absolute Gasteiger partial charge is 0.270 e. The molecule has 8 nitrogen and oxygen atoms in total. The molecule has 8 heteroatoms. The molecule has 0 spiro atoms. The minimum Gasteiger partial charge on any atom is -0.496 e. The summed E-state index contributed by atoms with van der Waals surface area (Å²) in [5.74, 6) is 0.307. The molecule has 1 aliphatic carbocycles. The monoisotopic (exact) mass is 450 g/mol. The summed E-state index contributed by atoms with van der Waals surface area (Å²) < 4.78 is 5.39. The summed E-state index contributed by atoms with van der Waals surface area (Å²) in [6.07, 6.45) is 3.90. The van der Waals surface area contributed by atoms with Crippen molar-refractivity contribution >= 4 is 28.5 Å². The molecule has 2 N–H and O–H groups in total. The van der Waals surface area contributed by atoms with E-state index in [-0.39, 0.29) is 29.4 Å². The van der Waals surface area contributed by atoms with Crippen LogP contribution in [0.4, 0.5) is 0 Å². The van der Waals surface area contributed by atoms with Crippen LogP contribution in [0, 0.1) is 23.2 Å². The molecular formula is C25H30N4O4. The number of ketones is 1. The minimum atomic E-state index is -0.737. The Kier molecular flexibility index (Phi) is 6.68. The summed E-state index contributed by atoms with van der Waals surface area (Å²) in [4.78, 5) is 43.4. The van der Waals surface area contributed by atoms with E-state index in [9.17, 15) is 19.6 Å². The molecule has 0 radical (unpaired) electrons.